The van der Waals surface area contributed by atoms with Crippen molar-refractivity contribution in [3.05, 3.63) is 71.3 Å². The number of hydrogen-bond acceptors (Lipinski definition) is 3. The smallest absolute Gasteiger partial charge is 0.259 e. The SMILES string of the molecule is Cc1nn(-c2ccc(F)cc2)c(C)c1C(=O)Nc1cccc(OC2CCCC2)c1. The van der Waals surface area contributed by atoms with Crippen LogP contribution in [-0.2, 0) is 0 Å². The van der Waals surface area contributed by atoms with Crippen molar-refractivity contribution in [1.29, 1.82) is 0 Å². The van der Waals surface area contributed by atoms with Crippen LogP contribution < -0.4 is 10.1 Å². The number of carbonyl (C=O) groups excluding carboxylic acids is 1. The van der Waals surface area contributed by atoms with Gasteiger partial charge in [-0.05, 0) is 75.9 Å². The van der Waals surface area contributed by atoms with Crippen molar-refractivity contribution in [3.8, 4) is 11.4 Å². The van der Waals surface area contributed by atoms with Crippen molar-refractivity contribution < 1.29 is 13.9 Å². The molecule has 0 radical (unpaired) electrons. The van der Waals surface area contributed by atoms with Gasteiger partial charge in [-0.1, -0.05) is 6.07 Å². The molecule has 0 bridgehead atoms. The predicted octanol–water partition coefficient (Wildman–Crippen LogP) is 5.20. The Bertz CT molecular complexity index is 1020. The van der Waals surface area contributed by atoms with Crippen LogP contribution in [0.4, 0.5) is 10.1 Å². The zero-order chi connectivity index (χ0) is 20.4. The Balaban J connectivity index is 1.53. The summed E-state index contributed by atoms with van der Waals surface area (Å²) >= 11 is 0. The number of rotatable bonds is 5. The highest BCUT2D eigenvalue weighted by Crippen LogP contribution is 2.26. The standard InChI is InChI=1S/C23H24FN3O2/c1-15-22(16(2)27(26-15)19-12-10-17(24)11-13-19)23(28)25-18-6-5-9-21(14-18)29-20-7-3-4-8-20/h5-6,9-14,20H,3-4,7-8H2,1-2H3,(H,25,28). The van der Waals surface area contributed by atoms with Crippen LogP contribution in [0.3, 0.4) is 0 Å². The number of aryl methyl sites for hydroxylation is 1. The molecule has 1 heterocycles. The summed E-state index contributed by atoms with van der Waals surface area (Å²) in [4.78, 5) is 12.9. The molecule has 1 aliphatic carbocycles. The van der Waals surface area contributed by atoms with Crippen molar-refractivity contribution in [2.75, 3.05) is 5.32 Å². The summed E-state index contributed by atoms with van der Waals surface area (Å²) in [5, 5.41) is 7.41. The Morgan fingerprint density at radius 1 is 1.14 bits per heavy atom. The van der Waals surface area contributed by atoms with Crippen LogP contribution in [0.15, 0.2) is 48.5 Å². The van der Waals surface area contributed by atoms with Gasteiger partial charge in [0.05, 0.1) is 28.7 Å². The second-order valence-corrected chi connectivity index (χ2v) is 7.44. The maximum absolute atomic E-state index is 13.2. The first kappa shape index (κ1) is 19.2. The lowest BCUT2D eigenvalue weighted by Gasteiger charge is -2.14. The number of halogens is 1. The number of nitrogens with one attached hydrogen (secondary N) is 1. The molecule has 6 heteroatoms. The number of hydrogen-bond donors (Lipinski definition) is 1. The third-order valence-electron chi connectivity index (χ3n) is 5.29. The molecule has 3 aromatic rings. The molecule has 2 aromatic carbocycles. The molecule has 1 fully saturated rings. The van der Waals surface area contributed by atoms with Crippen LogP contribution in [0.2, 0.25) is 0 Å². The van der Waals surface area contributed by atoms with Gasteiger partial charge < -0.3 is 10.1 Å². The van der Waals surface area contributed by atoms with Gasteiger partial charge in [-0.15, -0.1) is 0 Å². The van der Waals surface area contributed by atoms with E-state index in [0.717, 1.165) is 18.6 Å². The number of aromatic nitrogens is 2. The Hall–Kier alpha value is -3.15. The Kier molecular flexibility index (Phi) is 5.34. The van der Waals surface area contributed by atoms with E-state index in [2.05, 4.69) is 10.4 Å². The zero-order valence-corrected chi connectivity index (χ0v) is 16.6. The third-order valence-corrected chi connectivity index (χ3v) is 5.29. The third kappa shape index (κ3) is 4.16. The van der Waals surface area contributed by atoms with Gasteiger partial charge in [0.25, 0.3) is 5.91 Å². The first-order valence-electron chi connectivity index (χ1n) is 9.91. The lowest BCUT2D eigenvalue weighted by molar-refractivity contribution is 0.102. The quantitative estimate of drug-likeness (QED) is 0.648. The molecular weight excluding hydrogens is 369 g/mol. The highest BCUT2D eigenvalue weighted by molar-refractivity contribution is 6.06. The molecule has 1 amide bonds. The van der Waals surface area contributed by atoms with E-state index in [1.54, 1.807) is 23.7 Å². The molecule has 0 saturated heterocycles. The average Bonchev–Trinajstić information content (AvgIpc) is 3.30. The minimum absolute atomic E-state index is 0.230. The minimum Gasteiger partial charge on any atom is -0.490 e. The van der Waals surface area contributed by atoms with Crippen molar-refractivity contribution in [2.45, 2.75) is 45.6 Å². The number of amides is 1. The van der Waals surface area contributed by atoms with E-state index in [1.165, 1.54) is 25.0 Å². The largest absolute Gasteiger partial charge is 0.490 e. The van der Waals surface area contributed by atoms with Crippen molar-refractivity contribution in [2.24, 2.45) is 0 Å². The lowest BCUT2D eigenvalue weighted by atomic mass is 10.1. The van der Waals surface area contributed by atoms with E-state index < -0.39 is 0 Å². The molecule has 0 spiro atoms. The van der Waals surface area contributed by atoms with Gasteiger partial charge in [-0.25, -0.2) is 9.07 Å². The van der Waals surface area contributed by atoms with E-state index in [0.29, 0.717) is 28.3 Å². The molecule has 4 rings (SSSR count). The number of carbonyl (C=O) groups is 1. The van der Waals surface area contributed by atoms with Crippen LogP contribution >= 0.6 is 0 Å². The lowest BCUT2D eigenvalue weighted by Crippen LogP contribution is -2.15. The van der Waals surface area contributed by atoms with E-state index in [4.69, 9.17) is 4.74 Å². The maximum Gasteiger partial charge on any atom is 0.259 e. The van der Waals surface area contributed by atoms with Gasteiger partial charge in [-0.3, -0.25) is 4.79 Å². The fraction of sp³-hybridized carbons (Fsp3) is 0.304. The van der Waals surface area contributed by atoms with E-state index in [-0.39, 0.29) is 17.8 Å². The fourth-order valence-electron chi connectivity index (χ4n) is 3.84. The second-order valence-electron chi connectivity index (χ2n) is 7.44. The summed E-state index contributed by atoms with van der Waals surface area (Å²) in [5.74, 6) is 0.226. The Labute approximate surface area is 169 Å². The summed E-state index contributed by atoms with van der Waals surface area (Å²) in [6.45, 7) is 3.62. The molecule has 29 heavy (non-hydrogen) atoms. The molecule has 0 aliphatic heterocycles. The molecule has 150 valence electrons. The first-order valence-corrected chi connectivity index (χ1v) is 9.91. The topological polar surface area (TPSA) is 56.2 Å². The van der Waals surface area contributed by atoms with Gasteiger partial charge in [-0.2, -0.15) is 5.10 Å². The highest BCUT2D eigenvalue weighted by Gasteiger charge is 2.20. The first-order chi connectivity index (χ1) is 14.0. The Morgan fingerprint density at radius 2 is 1.86 bits per heavy atom. The van der Waals surface area contributed by atoms with E-state index in [1.807, 2.05) is 31.2 Å². The molecule has 1 saturated carbocycles. The normalized spacial score (nSPS) is 14.2. The molecule has 0 atom stereocenters. The zero-order valence-electron chi connectivity index (χ0n) is 16.6. The minimum atomic E-state index is -0.312. The highest BCUT2D eigenvalue weighted by atomic mass is 19.1. The average molecular weight is 393 g/mol. The molecule has 1 N–H and O–H groups in total. The molecule has 0 unspecified atom stereocenters. The summed E-state index contributed by atoms with van der Waals surface area (Å²) in [6, 6.07) is 13.5. The van der Waals surface area contributed by atoms with Crippen LogP contribution in [-0.4, -0.2) is 21.8 Å². The van der Waals surface area contributed by atoms with Crippen molar-refractivity contribution in [1.82, 2.24) is 9.78 Å². The summed E-state index contributed by atoms with van der Waals surface area (Å²) < 4.78 is 20.9. The van der Waals surface area contributed by atoms with E-state index in [9.17, 15) is 9.18 Å². The number of anilines is 1. The number of benzene rings is 2. The van der Waals surface area contributed by atoms with Crippen LogP contribution in [0.1, 0.15) is 47.4 Å². The molecule has 1 aromatic heterocycles. The Morgan fingerprint density at radius 3 is 2.59 bits per heavy atom. The van der Waals surface area contributed by atoms with E-state index >= 15 is 0 Å². The second kappa shape index (κ2) is 8.07. The van der Waals surface area contributed by atoms with Crippen LogP contribution in [0, 0.1) is 19.7 Å². The molecule has 5 nitrogen and oxygen atoms in total. The van der Waals surface area contributed by atoms with Crippen LogP contribution in [0.25, 0.3) is 5.69 Å². The summed E-state index contributed by atoms with van der Waals surface area (Å²) in [6.07, 6.45) is 4.84. The van der Waals surface area contributed by atoms with Gasteiger partial charge >= 0.3 is 0 Å². The molecule has 1 aliphatic rings. The van der Waals surface area contributed by atoms with Gasteiger partial charge in [0.2, 0.25) is 0 Å². The van der Waals surface area contributed by atoms with Crippen molar-refractivity contribution >= 4 is 11.6 Å². The van der Waals surface area contributed by atoms with Crippen molar-refractivity contribution in [3.63, 3.8) is 0 Å². The number of nitrogens with zero attached hydrogens (tertiary/aromatic N) is 2. The predicted molar refractivity (Wildman–Crippen MR) is 110 cm³/mol. The summed E-state index contributed by atoms with van der Waals surface area (Å²) in [5.41, 5.74) is 3.21. The maximum atomic E-state index is 13.2. The van der Waals surface area contributed by atoms with Gasteiger partial charge in [0.15, 0.2) is 0 Å². The van der Waals surface area contributed by atoms with Crippen LogP contribution in [0.5, 0.6) is 5.75 Å². The number of ether oxygens (including phenoxy) is 1. The summed E-state index contributed by atoms with van der Waals surface area (Å²) in [7, 11) is 0. The van der Waals surface area contributed by atoms with Gasteiger partial charge in [0, 0.05) is 11.8 Å². The monoisotopic (exact) mass is 393 g/mol. The van der Waals surface area contributed by atoms with Gasteiger partial charge in [0.1, 0.15) is 11.6 Å². The molecular formula is C23H24FN3O2. The fourth-order valence-corrected chi connectivity index (χ4v) is 3.84.